The molecule has 0 radical (unpaired) electrons. The lowest BCUT2D eigenvalue weighted by molar-refractivity contribution is 0.0943. The number of nitrogens with one attached hydrogen (secondary N) is 1. The Morgan fingerprint density at radius 2 is 1.65 bits per heavy atom. The van der Waals surface area contributed by atoms with Gasteiger partial charge in [-0.3, -0.25) is 14.2 Å². The fourth-order valence-electron chi connectivity index (χ4n) is 4.51. The standard InChI is InChI=1S/C29H29N5O3/c1-18(2)30-26(35)23-12-13-24-25(15-23)34-28(32(27(24)36)16-21-10-8-19(3)9-11-21)31-33(29(34)37)17-22-7-5-6-20(4)14-22/h5-15,18H,16-17H2,1-4H3,(H,30,35). The summed E-state index contributed by atoms with van der Waals surface area (Å²) in [5.74, 6) is -0.0359. The number of aromatic nitrogens is 4. The summed E-state index contributed by atoms with van der Waals surface area (Å²) in [5.41, 5.74) is 4.13. The first-order valence-electron chi connectivity index (χ1n) is 12.3. The fourth-order valence-corrected chi connectivity index (χ4v) is 4.51. The van der Waals surface area contributed by atoms with Crippen LogP contribution in [0.1, 0.15) is 46.5 Å². The summed E-state index contributed by atoms with van der Waals surface area (Å²) in [6, 6.07) is 20.5. The minimum absolute atomic E-state index is 0.0504. The average Bonchev–Trinajstić information content (AvgIpc) is 3.18. The molecule has 2 heterocycles. The molecule has 0 aliphatic heterocycles. The third kappa shape index (κ3) is 4.70. The first-order valence-corrected chi connectivity index (χ1v) is 12.3. The highest BCUT2D eigenvalue weighted by molar-refractivity contribution is 5.98. The molecule has 8 heteroatoms. The van der Waals surface area contributed by atoms with E-state index in [1.807, 2.05) is 76.2 Å². The summed E-state index contributed by atoms with van der Waals surface area (Å²) >= 11 is 0. The second kappa shape index (κ2) is 9.54. The van der Waals surface area contributed by atoms with Crippen LogP contribution in [0.5, 0.6) is 0 Å². The molecule has 0 saturated heterocycles. The predicted octanol–water partition coefficient (Wildman–Crippen LogP) is 3.66. The van der Waals surface area contributed by atoms with Gasteiger partial charge < -0.3 is 5.32 Å². The summed E-state index contributed by atoms with van der Waals surface area (Å²) in [6.07, 6.45) is 0. The van der Waals surface area contributed by atoms with Crippen LogP contribution in [0, 0.1) is 13.8 Å². The lowest BCUT2D eigenvalue weighted by Crippen LogP contribution is -2.30. The predicted molar refractivity (Wildman–Crippen MR) is 144 cm³/mol. The molecule has 2 aromatic heterocycles. The Labute approximate surface area is 213 Å². The van der Waals surface area contributed by atoms with Crippen molar-refractivity contribution < 1.29 is 4.79 Å². The van der Waals surface area contributed by atoms with Crippen molar-refractivity contribution >= 4 is 22.6 Å². The molecule has 0 unspecified atom stereocenters. The summed E-state index contributed by atoms with van der Waals surface area (Å²) in [7, 11) is 0. The Morgan fingerprint density at radius 3 is 2.35 bits per heavy atom. The van der Waals surface area contributed by atoms with Gasteiger partial charge in [0.15, 0.2) is 0 Å². The number of hydrogen-bond acceptors (Lipinski definition) is 4. The molecule has 0 bridgehead atoms. The van der Waals surface area contributed by atoms with E-state index in [1.165, 1.54) is 13.6 Å². The second-order valence-electron chi connectivity index (χ2n) is 9.80. The van der Waals surface area contributed by atoms with Crippen LogP contribution >= 0.6 is 0 Å². The summed E-state index contributed by atoms with van der Waals surface area (Å²) in [6.45, 7) is 8.27. The van der Waals surface area contributed by atoms with E-state index in [0.29, 0.717) is 16.5 Å². The molecule has 0 spiro atoms. The Kier molecular flexibility index (Phi) is 6.25. The van der Waals surface area contributed by atoms with Crippen molar-refractivity contribution in [1.29, 1.82) is 0 Å². The zero-order chi connectivity index (χ0) is 26.3. The van der Waals surface area contributed by atoms with Crippen molar-refractivity contribution in [2.45, 2.75) is 46.8 Å². The van der Waals surface area contributed by atoms with Crippen LogP contribution in [0.4, 0.5) is 0 Å². The normalized spacial score (nSPS) is 11.5. The average molecular weight is 496 g/mol. The molecule has 1 amide bonds. The van der Waals surface area contributed by atoms with Crippen molar-refractivity contribution in [3.05, 3.63) is 115 Å². The number of amides is 1. The van der Waals surface area contributed by atoms with E-state index in [4.69, 9.17) is 0 Å². The lowest BCUT2D eigenvalue weighted by Gasteiger charge is -2.12. The summed E-state index contributed by atoms with van der Waals surface area (Å²) in [4.78, 5) is 40.1. The van der Waals surface area contributed by atoms with Gasteiger partial charge in [-0.05, 0) is 57.0 Å². The Bertz CT molecular complexity index is 1760. The molecule has 0 aliphatic rings. The van der Waals surface area contributed by atoms with Crippen LogP contribution in [-0.4, -0.2) is 30.7 Å². The number of nitrogens with zero attached hydrogens (tertiary/aromatic N) is 4. The molecule has 0 aliphatic carbocycles. The van der Waals surface area contributed by atoms with Crippen molar-refractivity contribution in [2.75, 3.05) is 0 Å². The van der Waals surface area contributed by atoms with Gasteiger partial charge in [-0.2, -0.15) is 0 Å². The number of fused-ring (bicyclic) bond motifs is 3. The first-order chi connectivity index (χ1) is 17.7. The molecular formula is C29H29N5O3. The summed E-state index contributed by atoms with van der Waals surface area (Å²) < 4.78 is 4.33. The molecule has 1 N–H and O–H groups in total. The number of aryl methyl sites for hydroxylation is 2. The second-order valence-corrected chi connectivity index (χ2v) is 9.80. The molecule has 5 rings (SSSR count). The fraction of sp³-hybridized carbons (Fsp3) is 0.241. The Hall–Kier alpha value is -4.46. The zero-order valence-corrected chi connectivity index (χ0v) is 21.4. The maximum atomic E-state index is 13.7. The van der Waals surface area contributed by atoms with E-state index in [9.17, 15) is 14.4 Å². The highest BCUT2D eigenvalue weighted by Crippen LogP contribution is 2.16. The van der Waals surface area contributed by atoms with Gasteiger partial charge in [0.1, 0.15) is 0 Å². The van der Waals surface area contributed by atoms with Gasteiger partial charge in [-0.25, -0.2) is 13.9 Å². The van der Waals surface area contributed by atoms with Crippen LogP contribution in [0.2, 0.25) is 0 Å². The molecule has 0 saturated carbocycles. The minimum Gasteiger partial charge on any atom is -0.350 e. The number of benzene rings is 3. The van der Waals surface area contributed by atoms with Crippen molar-refractivity contribution in [3.63, 3.8) is 0 Å². The van der Waals surface area contributed by atoms with Crippen LogP contribution in [0.3, 0.4) is 0 Å². The molecule has 188 valence electrons. The third-order valence-corrected chi connectivity index (χ3v) is 6.34. The number of rotatable bonds is 6. The van der Waals surface area contributed by atoms with Crippen LogP contribution < -0.4 is 16.6 Å². The first kappa shape index (κ1) is 24.2. The maximum Gasteiger partial charge on any atom is 0.352 e. The van der Waals surface area contributed by atoms with Gasteiger partial charge in [-0.15, -0.1) is 5.10 Å². The van der Waals surface area contributed by atoms with Gasteiger partial charge in [0.2, 0.25) is 5.78 Å². The molecule has 5 aromatic rings. The maximum absolute atomic E-state index is 13.7. The van der Waals surface area contributed by atoms with Gasteiger partial charge in [0.25, 0.3) is 11.5 Å². The number of carbonyl (C=O) groups is 1. The minimum atomic E-state index is -0.374. The molecule has 3 aromatic carbocycles. The van der Waals surface area contributed by atoms with E-state index in [1.54, 1.807) is 18.2 Å². The number of carbonyl (C=O) groups excluding carboxylic acids is 1. The Balaban J connectivity index is 1.75. The number of hydrogen-bond donors (Lipinski definition) is 1. The van der Waals surface area contributed by atoms with E-state index in [2.05, 4.69) is 10.4 Å². The highest BCUT2D eigenvalue weighted by Gasteiger charge is 2.19. The molecule has 8 nitrogen and oxygen atoms in total. The van der Waals surface area contributed by atoms with Crippen molar-refractivity contribution in [2.24, 2.45) is 0 Å². The van der Waals surface area contributed by atoms with E-state index < -0.39 is 0 Å². The van der Waals surface area contributed by atoms with Gasteiger partial charge in [0, 0.05) is 11.6 Å². The molecular weight excluding hydrogens is 466 g/mol. The molecule has 0 fully saturated rings. The van der Waals surface area contributed by atoms with Crippen LogP contribution in [0.25, 0.3) is 16.7 Å². The van der Waals surface area contributed by atoms with Crippen LogP contribution in [0.15, 0.2) is 76.3 Å². The van der Waals surface area contributed by atoms with E-state index >= 15 is 0 Å². The van der Waals surface area contributed by atoms with Gasteiger partial charge in [0.05, 0.1) is 24.0 Å². The monoisotopic (exact) mass is 495 g/mol. The van der Waals surface area contributed by atoms with Gasteiger partial charge in [-0.1, -0.05) is 59.7 Å². The summed E-state index contributed by atoms with van der Waals surface area (Å²) in [5, 5.41) is 7.82. The topological polar surface area (TPSA) is 90.4 Å². The lowest BCUT2D eigenvalue weighted by atomic mass is 10.1. The van der Waals surface area contributed by atoms with E-state index in [0.717, 1.165) is 22.3 Å². The Morgan fingerprint density at radius 1 is 0.892 bits per heavy atom. The highest BCUT2D eigenvalue weighted by atomic mass is 16.2. The zero-order valence-electron chi connectivity index (χ0n) is 21.4. The van der Waals surface area contributed by atoms with Crippen molar-refractivity contribution in [3.8, 4) is 0 Å². The third-order valence-electron chi connectivity index (χ3n) is 6.34. The molecule has 0 atom stereocenters. The van der Waals surface area contributed by atoms with Gasteiger partial charge >= 0.3 is 5.69 Å². The quantitative estimate of drug-likeness (QED) is 0.389. The molecule has 37 heavy (non-hydrogen) atoms. The smallest absolute Gasteiger partial charge is 0.350 e. The SMILES string of the molecule is Cc1ccc(Cn2c(=O)c3ccc(C(=O)NC(C)C)cc3n3c(=O)n(Cc4cccc(C)c4)nc23)cc1. The largest absolute Gasteiger partial charge is 0.352 e. The van der Waals surface area contributed by atoms with Crippen LogP contribution in [-0.2, 0) is 13.1 Å². The van der Waals surface area contributed by atoms with E-state index in [-0.39, 0.29) is 42.1 Å². The van der Waals surface area contributed by atoms with Crippen molar-refractivity contribution in [1.82, 2.24) is 24.1 Å².